The second-order valence-corrected chi connectivity index (χ2v) is 5.97. The SMILES string of the molecule is O=[N+]([O-])c1cccc(-c2cn3c4c(sc3n2)CCC4)c1. The minimum Gasteiger partial charge on any atom is -0.294 e. The highest BCUT2D eigenvalue weighted by Gasteiger charge is 2.20. The van der Waals surface area contributed by atoms with E-state index in [4.69, 9.17) is 0 Å². The second kappa shape index (κ2) is 4.14. The van der Waals surface area contributed by atoms with E-state index in [9.17, 15) is 10.1 Å². The van der Waals surface area contributed by atoms with Crippen LogP contribution in [0.4, 0.5) is 5.69 Å². The Morgan fingerprint density at radius 2 is 2.25 bits per heavy atom. The van der Waals surface area contributed by atoms with Gasteiger partial charge in [0.2, 0.25) is 0 Å². The Hall–Kier alpha value is -2.21. The van der Waals surface area contributed by atoms with Gasteiger partial charge in [-0.25, -0.2) is 4.98 Å². The van der Waals surface area contributed by atoms with Crippen LogP contribution < -0.4 is 0 Å². The highest BCUT2D eigenvalue weighted by Crippen LogP contribution is 2.33. The number of aromatic nitrogens is 2. The number of benzene rings is 1. The average molecular weight is 285 g/mol. The molecule has 0 amide bonds. The van der Waals surface area contributed by atoms with Crippen molar-refractivity contribution >= 4 is 22.0 Å². The number of nitrogens with zero attached hydrogens (tertiary/aromatic N) is 3. The molecule has 0 unspecified atom stereocenters. The standard InChI is InChI=1S/C14H11N3O2S/c18-17(19)10-4-1-3-9(7-10)11-8-16-12-5-2-6-13(12)20-14(16)15-11/h1,3-4,7-8H,2,5-6H2. The Bertz CT molecular complexity index is 834. The summed E-state index contributed by atoms with van der Waals surface area (Å²) >= 11 is 1.73. The number of thiazole rings is 1. The fourth-order valence-corrected chi connectivity index (χ4v) is 3.91. The minimum atomic E-state index is -0.375. The number of hydrogen-bond donors (Lipinski definition) is 0. The number of aryl methyl sites for hydroxylation is 2. The first kappa shape index (κ1) is 11.6. The van der Waals surface area contributed by atoms with Crippen LogP contribution in [0.2, 0.25) is 0 Å². The van der Waals surface area contributed by atoms with Gasteiger partial charge in [0.15, 0.2) is 4.96 Å². The fourth-order valence-electron chi connectivity index (χ4n) is 2.72. The molecule has 1 aliphatic carbocycles. The Morgan fingerprint density at radius 1 is 1.35 bits per heavy atom. The maximum atomic E-state index is 10.8. The third-order valence-electron chi connectivity index (χ3n) is 3.67. The van der Waals surface area contributed by atoms with Crippen molar-refractivity contribution in [3.05, 3.63) is 51.1 Å². The Balaban J connectivity index is 1.84. The van der Waals surface area contributed by atoms with Crippen LogP contribution in [0.1, 0.15) is 17.0 Å². The second-order valence-electron chi connectivity index (χ2n) is 4.91. The predicted molar refractivity (Wildman–Crippen MR) is 77.2 cm³/mol. The molecule has 2 aromatic heterocycles. The van der Waals surface area contributed by atoms with Crippen LogP contribution in [0.15, 0.2) is 30.5 Å². The molecule has 0 fully saturated rings. The average Bonchev–Trinajstić information content (AvgIpc) is 3.09. The van der Waals surface area contributed by atoms with Gasteiger partial charge in [0.25, 0.3) is 5.69 Å². The van der Waals surface area contributed by atoms with Gasteiger partial charge in [-0.05, 0) is 19.3 Å². The first-order chi connectivity index (χ1) is 9.72. The van der Waals surface area contributed by atoms with Gasteiger partial charge in [-0.15, -0.1) is 11.3 Å². The maximum absolute atomic E-state index is 10.8. The summed E-state index contributed by atoms with van der Waals surface area (Å²) in [5.41, 5.74) is 3.05. The molecule has 6 heteroatoms. The smallest absolute Gasteiger partial charge is 0.270 e. The van der Waals surface area contributed by atoms with Crippen LogP contribution in [-0.4, -0.2) is 14.3 Å². The van der Waals surface area contributed by atoms with E-state index in [-0.39, 0.29) is 10.6 Å². The molecule has 0 saturated heterocycles. The summed E-state index contributed by atoms with van der Waals surface area (Å²) in [6.07, 6.45) is 5.45. The lowest BCUT2D eigenvalue weighted by Crippen LogP contribution is -1.88. The Morgan fingerprint density at radius 3 is 3.10 bits per heavy atom. The summed E-state index contributed by atoms with van der Waals surface area (Å²) in [7, 11) is 0. The van der Waals surface area contributed by atoms with E-state index in [1.165, 1.54) is 23.1 Å². The van der Waals surface area contributed by atoms with E-state index in [1.807, 2.05) is 12.3 Å². The first-order valence-electron chi connectivity index (χ1n) is 6.47. The molecule has 0 radical (unpaired) electrons. The van der Waals surface area contributed by atoms with Gasteiger partial charge in [0, 0.05) is 34.5 Å². The van der Waals surface area contributed by atoms with Crippen LogP contribution in [0, 0.1) is 10.1 Å². The third kappa shape index (κ3) is 1.65. The van der Waals surface area contributed by atoms with Gasteiger partial charge in [0.05, 0.1) is 10.6 Å². The van der Waals surface area contributed by atoms with Gasteiger partial charge in [-0.3, -0.25) is 14.5 Å². The lowest BCUT2D eigenvalue weighted by Gasteiger charge is -1.96. The zero-order valence-corrected chi connectivity index (χ0v) is 11.4. The highest BCUT2D eigenvalue weighted by molar-refractivity contribution is 7.17. The van der Waals surface area contributed by atoms with Crippen molar-refractivity contribution < 1.29 is 4.92 Å². The topological polar surface area (TPSA) is 60.4 Å². The van der Waals surface area contributed by atoms with Gasteiger partial charge in [-0.1, -0.05) is 12.1 Å². The molecule has 4 rings (SSSR count). The van der Waals surface area contributed by atoms with Gasteiger partial charge in [-0.2, -0.15) is 0 Å². The molecule has 0 spiro atoms. The number of nitro groups is 1. The molecule has 0 saturated carbocycles. The number of non-ortho nitro benzene ring substituents is 1. The highest BCUT2D eigenvalue weighted by atomic mass is 32.1. The zero-order chi connectivity index (χ0) is 13.7. The quantitative estimate of drug-likeness (QED) is 0.535. The molecule has 1 aromatic carbocycles. The predicted octanol–water partition coefficient (Wildman–Crippen LogP) is 3.46. The van der Waals surface area contributed by atoms with Crippen LogP contribution >= 0.6 is 11.3 Å². The maximum Gasteiger partial charge on any atom is 0.270 e. The van der Waals surface area contributed by atoms with Gasteiger partial charge < -0.3 is 0 Å². The zero-order valence-electron chi connectivity index (χ0n) is 10.6. The molecule has 20 heavy (non-hydrogen) atoms. The molecule has 0 bridgehead atoms. The molecule has 2 heterocycles. The summed E-state index contributed by atoms with van der Waals surface area (Å²) in [5, 5.41) is 10.8. The summed E-state index contributed by atoms with van der Waals surface area (Å²) in [4.78, 5) is 17.5. The largest absolute Gasteiger partial charge is 0.294 e. The van der Waals surface area contributed by atoms with E-state index >= 15 is 0 Å². The van der Waals surface area contributed by atoms with Crippen molar-refractivity contribution in [1.82, 2.24) is 9.38 Å². The number of hydrogen-bond acceptors (Lipinski definition) is 4. The van der Waals surface area contributed by atoms with Crippen molar-refractivity contribution in [3.63, 3.8) is 0 Å². The number of imidazole rings is 1. The molecule has 5 nitrogen and oxygen atoms in total. The van der Waals surface area contributed by atoms with Crippen LogP contribution in [-0.2, 0) is 12.8 Å². The van der Waals surface area contributed by atoms with E-state index in [0.717, 1.165) is 29.1 Å². The van der Waals surface area contributed by atoms with Gasteiger partial charge >= 0.3 is 0 Å². The monoisotopic (exact) mass is 285 g/mol. The van der Waals surface area contributed by atoms with E-state index in [1.54, 1.807) is 23.5 Å². The van der Waals surface area contributed by atoms with Crippen LogP contribution in [0.3, 0.4) is 0 Å². The van der Waals surface area contributed by atoms with Crippen molar-refractivity contribution in [2.45, 2.75) is 19.3 Å². The Labute approximate surface area is 118 Å². The van der Waals surface area contributed by atoms with E-state index in [0.29, 0.717) is 0 Å². The fraction of sp³-hybridized carbons (Fsp3) is 0.214. The van der Waals surface area contributed by atoms with E-state index < -0.39 is 0 Å². The molecule has 1 aliphatic rings. The van der Waals surface area contributed by atoms with E-state index in [2.05, 4.69) is 9.38 Å². The third-order valence-corrected chi connectivity index (χ3v) is 4.83. The number of nitro benzene ring substituents is 1. The summed E-state index contributed by atoms with van der Waals surface area (Å²) in [6, 6.07) is 6.64. The molecular weight excluding hydrogens is 274 g/mol. The molecule has 0 N–H and O–H groups in total. The molecule has 0 aliphatic heterocycles. The molecular formula is C14H11N3O2S. The molecule has 3 aromatic rings. The van der Waals surface area contributed by atoms with Crippen molar-refractivity contribution in [3.8, 4) is 11.3 Å². The van der Waals surface area contributed by atoms with Crippen molar-refractivity contribution in [1.29, 1.82) is 0 Å². The first-order valence-corrected chi connectivity index (χ1v) is 7.28. The number of fused-ring (bicyclic) bond motifs is 3. The van der Waals surface area contributed by atoms with Gasteiger partial charge in [0.1, 0.15) is 0 Å². The van der Waals surface area contributed by atoms with Crippen LogP contribution in [0.5, 0.6) is 0 Å². The molecule has 100 valence electrons. The number of rotatable bonds is 2. The normalized spacial score (nSPS) is 13.8. The summed E-state index contributed by atoms with van der Waals surface area (Å²) in [5.74, 6) is 0. The summed E-state index contributed by atoms with van der Waals surface area (Å²) in [6.45, 7) is 0. The molecule has 0 atom stereocenters. The lowest BCUT2D eigenvalue weighted by molar-refractivity contribution is -0.384. The minimum absolute atomic E-state index is 0.101. The summed E-state index contributed by atoms with van der Waals surface area (Å²) < 4.78 is 2.14. The Kier molecular flexibility index (Phi) is 2.40. The van der Waals surface area contributed by atoms with Crippen LogP contribution in [0.25, 0.3) is 16.2 Å². The lowest BCUT2D eigenvalue weighted by atomic mass is 10.1. The van der Waals surface area contributed by atoms with Crippen molar-refractivity contribution in [2.24, 2.45) is 0 Å². The van der Waals surface area contributed by atoms with Crippen molar-refractivity contribution in [2.75, 3.05) is 0 Å².